The lowest BCUT2D eigenvalue weighted by molar-refractivity contribution is -0.165. The summed E-state index contributed by atoms with van der Waals surface area (Å²) in [7, 11) is 1.35. The largest absolute Gasteiger partial charge is 0.494 e. The van der Waals surface area contributed by atoms with E-state index in [9.17, 15) is 9.59 Å². The summed E-state index contributed by atoms with van der Waals surface area (Å²) in [6.45, 7) is 16.0. The zero-order valence-electron chi connectivity index (χ0n) is 22.0. The van der Waals surface area contributed by atoms with E-state index in [0.717, 1.165) is 43.4 Å². The minimum Gasteiger partial charge on any atom is -0.494 e. The van der Waals surface area contributed by atoms with Crippen LogP contribution in [0.25, 0.3) is 6.08 Å². The molecule has 0 heterocycles. The number of hydrogen-bond acceptors (Lipinski definition) is 5. The summed E-state index contributed by atoms with van der Waals surface area (Å²) in [4.78, 5) is 24.1. The number of benzene rings is 1. The summed E-state index contributed by atoms with van der Waals surface area (Å²) in [6.07, 6.45) is 7.72. The quantitative estimate of drug-likeness (QED) is 0.194. The molecule has 186 valence electrons. The van der Waals surface area contributed by atoms with Gasteiger partial charge in [0.15, 0.2) is 0 Å². The zero-order valence-corrected chi connectivity index (χ0v) is 22.0. The van der Waals surface area contributed by atoms with Crippen molar-refractivity contribution in [1.29, 1.82) is 0 Å². The Bertz CT molecular complexity index is 765. The highest BCUT2D eigenvalue weighted by atomic mass is 16.5. The fraction of sp³-hybridized carbons (Fsp3) is 0.643. The van der Waals surface area contributed by atoms with Crippen molar-refractivity contribution >= 4 is 18.0 Å². The van der Waals surface area contributed by atoms with Gasteiger partial charge in [-0.2, -0.15) is 0 Å². The standard InChI is InChI=1S/C28H44O5/c1-26(2,3)21-28(7,27(4,5)6)25(30)33-20-12-10-9-11-19-32-23-16-13-22(14-17-23)15-18-24(29)31-8/h13-18H,9-12,19-21H2,1-8H3/b18-15+. The first-order chi connectivity index (χ1) is 15.3. The summed E-state index contributed by atoms with van der Waals surface area (Å²) in [5.74, 6) is 0.343. The molecule has 0 aliphatic carbocycles. The highest BCUT2D eigenvalue weighted by molar-refractivity contribution is 5.86. The Morgan fingerprint density at radius 3 is 1.94 bits per heavy atom. The van der Waals surface area contributed by atoms with Gasteiger partial charge in [0.25, 0.3) is 0 Å². The van der Waals surface area contributed by atoms with Crippen molar-refractivity contribution in [3.63, 3.8) is 0 Å². The lowest BCUT2D eigenvalue weighted by Gasteiger charge is -2.43. The van der Waals surface area contributed by atoms with E-state index in [2.05, 4.69) is 46.3 Å². The molecule has 1 atom stereocenters. The van der Waals surface area contributed by atoms with Gasteiger partial charge in [-0.15, -0.1) is 0 Å². The van der Waals surface area contributed by atoms with Crippen LogP contribution in [0, 0.1) is 16.2 Å². The third-order valence-corrected chi connectivity index (χ3v) is 6.02. The second kappa shape index (κ2) is 12.8. The molecule has 0 bridgehead atoms. The van der Waals surface area contributed by atoms with E-state index in [1.165, 1.54) is 13.2 Å². The van der Waals surface area contributed by atoms with Crippen molar-refractivity contribution in [2.45, 2.75) is 80.6 Å². The highest BCUT2D eigenvalue weighted by Crippen LogP contribution is 2.47. The molecule has 0 spiro atoms. The molecular weight excluding hydrogens is 416 g/mol. The molecule has 5 nitrogen and oxygen atoms in total. The monoisotopic (exact) mass is 460 g/mol. The summed E-state index contributed by atoms with van der Waals surface area (Å²) in [5.41, 5.74) is 0.294. The van der Waals surface area contributed by atoms with Crippen LogP contribution in [-0.2, 0) is 19.1 Å². The SMILES string of the molecule is COC(=O)/C=C/c1ccc(OCCCCCCOC(=O)C(C)(CC(C)(C)C)C(C)(C)C)cc1. The summed E-state index contributed by atoms with van der Waals surface area (Å²) in [6, 6.07) is 7.57. The second-order valence-corrected chi connectivity index (χ2v) is 11.1. The minimum absolute atomic E-state index is 0.0567. The molecule has 1 aromatic carbocycles. The van der Waals surface area contributed by atoms with E-state index in [-0.39, 0.29) is 22.8 Å². The van der Waals surface area contributed by atoms with Gasteiger partial charge in [0.1, 0.15) is 5.75 Å². The average Bonchev–Trinajstić information content (AvgIpc) is 2.72. The van der Waals surface area contributed by atoms with Crippen molar-refractivity contribution in [3.05, 3.63) is 35.9 Å². The van der Waals surface area contributed by atoms with Gasteiger partial charge in [-0.3, -0.25) is 4.79 Å². The molecule has 1 unspecified atom stereocenters. The number of hydrogen-bond donors (Lipinski definition) is 0. The first kappa shape index (κ1) is 28.7. The number of methoxy groups -OCH3 is 1. The molecule has 0 aromatic heterocycles. The van der Waals surface area contributed by atoms with Crippen LogP contribution in [0.3, 0.4) is 0 Å². The van der Waals surface area contributed by atoms with Gasteiger partial charge in [0.05, 0.1) is 25.7 Å². The van der Waals surface area contributed by atoms with Crippen LogP contribution in [-0.4, -0.2) is 32.3 Å². The Morgan fingerprint density at radius 1 is 0.848 bits per heavy atom. The van der Waals surface area contributed by atoms with Gasteiger partial charge in [-0.1, -0.05) is 53.7 Å². The van der Waals surface area contributed by atoms with Crippen molar-refractivity contribution in [2.24, 2.45) is 16.2 Å². The molecule has 0 aliphatic heterocycles. The topological polar surface area (TPSA) is 61.8 Å². The number of rotatable bonds is 12. The normalized spacial score (nSPS) is 14.1. The minimum atomic E-state index is -0.510. The van der Waals surface area contributed by atoms with E-state index in [1.807, 2.05) is 31.2 Å². The molecule has 0 radical (unpaired) electrons. The average molecular weight is 461 g/mol. The predicted molar refractivity (Wildman–Crippen MR) is 134 cm³/mol. The fourth-order valence-electron chi connectivity index (χ4n) is 3.68. The van der Waals surface area contributed by atoms with E-state index in [0.29, 0.717) is 13.2 Å². The van der Waals surface area contributed by atoms with Crippen LogP contribution >= 0.6 is 0 Å². The van der Waals surface area contributed by atoms with Crippen molar-refractivity contribution in [1.82, 2.24) is 0 Å². The highest BCUT2D eigenvalue weighted by Gasteiger charge is 2.47. The van der Waals surface area contributed by atoms with Crippen molar-refractivity contribution in [3.8, 4) is 5.75 Å². The van der Waals surface area contributed by atoms with Crippen LogP contribution < -0.4 is 4.74 Å². The molecule has 0 amide bonds. The Kier molecular flexibility index (Phi) is 11.2. The maximum Gasteiger partial charge on any atom is 0.330 e. The molecule has 0 saturated heterocycles. The van der Waals surface area contributed by atoms with Gasteiger partial charge in [0, 0.05) is 6.08 Å². The molecule has 0 fully saturated rings. The molecular formula is C28H44O5. The molecule has 0 N–H and O–H groups in total. The number of carbonyl (C=O) groups excluding carboxylic acids is 2. The first-order valence-electron chi connectivity index (χ1n) is 11.9. The van der Waals surface area contributed by atoms with Crippen LogP contribution in [0.2, 0.25) is 0 Å². The lowest BCUT2D eigenvalue weighted by atomic mass is 9.61. The fourth-order valence-corrected chi connectivity index (χ4v) is 3.68. The Hall–Kier alpha value is -2.30. The van der Waals surface area contributed by atoms with E-state index in [4.69, 9.17) is 9.47 Å². The first-order valence-corrected chi connectivity index (χ1v) is 11.9. The van der Waals surface area contributed by atoms with Crippen LogP contribution in [0.5, 0.6) is 5.75 Å². The lowest BCUT2D eigenvalue weighted by Crippen LogP contribution is -2.44. The molecule has 1 rings (SSSR count). The third kappa shape index (κ3) is 10.4. The molecule has 1 aromatic rings. The summed E-state index contributed by atoms with van der Waals surface area (Å²) in [5, 5.41) is 0. The number of carbonyl (C=O) groups is 2. The molecule has 0 saturated carbocycles. The van der Waals surface area contributed by atoms with Crippen LogP contribution in [0.15, 0.2) is 30.3 Å². The predicted octanol–water partition coefficient (Wildman–Crippen LogP) is 6.84. The maximum atomic E-state index is 12.9. The van der Waals surface area contributed by atoms with E-state index in [1.54, 1.807) is 6.08 Å². The van der Waals surface area contributed by atoms with Gasteiger partial charge in [-0.05, 0) is 73.6 Å². The molecule has 33 heavy (non-hydrogen) atoms. The van der Waals surface area contributed by atoms with Crippen molar-refractivity contribution in [2.75, 3.05) is 20.3 Å². The van der Waals surface area contributed by atoms with Gasteiger partial charge in [0.2, 0.25) is 0 Å². The Balaban J connectivity index is 2.29. The number of ether oxygens (including phenoxy) is 3. The van der Waals surface area contributed by atoms with Crippen LogP contribution in [0.4, 0.5) is 0 Å². The summed E-state index contributed by atoms with van der Waals surface area (Å²) < 4.78 is 16.1. The Morgan fingerprint density at radius 2 is 1.42 bits per heavy atom. The maximum absolute atomic E-state index is 12.9. The third-order valence-electron chi connectivity index (χ3n) is 6.02. The summed E-state index contributed by atoms with van der Waals surface area (Å²) >= 11 is 0. The smallest absolute Gasteiger partial charge is 0.330 e. The van der Waals surface area contributed by atoms with E-state index < -0.39 is 5.41 Å². The number of esters is 2. The van der Waals surface area contributed by atoms with Crippen LogP contribution in [0.1, 0.15) is 86.1 Å². The Labute approximate surface area is 200 Å². The van der Waals surface area contributed by atoms with Gasteiger partial charge in [-0.25, -0.2) is 4.79 Å². The van der Waals surface area contributed by atoms with Gasteiger partial charge >= 0.3 is 11.9 Å². The molecule has 5 heteroatoms. The second-order valence-electron chi connectivity index (χ2n) is 11.1. The van der Waals surface area contributed by atoms with E-state index >= 15 is 0 Å². The van der Waals surface area contributed by atoms with Crippen molar-refractivity contribution < 1.29 is 23.8 Å². The van der Waals surface area contributed by atoms with Gasteiger partial charge < -0.3 is 14.2 Å². The number of unbranched alkanes of at least 4 members (excludes halogenated alkanes) is 3. The molecule has 0 aliphatic rings. The zero-order chi connectivity index (χ0) is 25.1.